The number of aryl methyl sites for hydroxylation is 1. The van der Waals surface area contributed by atoms with Crippen LogP contribution in [-0.4, -0.2) is 42.3 Å². The highest BCUT2D eigenvalue weighted by Gasteiger charge is 2.47. The van der Waals surface area contributed by atoms with E-state index in [1.54, 1.807) is 0 Å². The standard InChI is InChI=1S/C15H22BrN3O3/c1-19-8-12(16)18-14(19)15(22-9-13(20)21-2)4-3-10-6-17-7-11(10)5-15/h8,10-11,17H,3-7,9H2,1-2H3. The molecule has 2 aliphatic rings. The lowest BCUT2D eigenvalue weighted by Crippen LogP contribution is -2.42. The largest absolute Gasteiger partial charge is 0.467 e. The van der Waals surface area contributed by atoms with Gasteiger partial charge in [0.2, 0.25) is 0 Å². The smallest absolute Gasteiger partial charge is 0.331 e. The van der Waals surface area contributed by atoms with Gasteiger partial charge in [0.1, 0.15) is 22.6 Å². The second kappa shape index (κ2) is 6.29. The van der Waals surface area contributed by atoms with E-state index in [2.05, 4.69) is 26.2 Å². The zero-order chi connectivity index (χ0) is 15.7. The number of aromatic nitrogens is 2. The van der Waals surface area contributed by atoms with Gasteiger partial charge in [-0.1, -0.05) is 0 Å². The molecule has 0 radical (unpaired) electrons. The van der Waals surface area contributed by atoms with Crippen LogP contribution in [0.2, 0.25) is 0 Å². The molecular weight excluding hydrogens is 350 g/mol. The van der Waals surface area contributed by atoms with Gasteiger partial charge in [-0.15, -0.1) is 0 Å². The fraction of sp³-hybridized carbons (Fsp3) is 0.733. The van der Waals surface area contributed by atoms with Crippen molar-refractivity contribution in [2.75, 3.05) is 26.8 Å². The lowest BCUT2D eigenvalue weighted by Gasteiger charge is -2.41. The lowest BCUT2D eigenvalue weighted by molar-refractivity contribution is -0.160. The highest BCUT2D eigenvalue weighted by molar-refractivity contribution is 9.10. The fourth-order valence-corrected chi connectivity index (χ4v) is 4.29. The molecular formula is C15H22BrN3O3. The first-order valence-corrected chi connectivity index (χ1v) is 8.44. The average molecular weight is 372 g/mol. The zero-order valence-corrected chi connectivity index (χ0v) is 14.6. The van der Waals surface area contributed by atoms with Crippen molar-refractivity contribution in [1.82, 2.24) is 14.9 Å². The van der Waals surface area contributed by atoms with Crippen LogP contribution in [0.1, 0.15) is 25.1 Å². The Kier molecular flexibility index (Phi) is 4.56. The molecule has 1 aromatic rings. The van der Waals surface area contributed by atoms with Crippen molar-refractivity contribution >= 4 is 21.9 Å². The summed E-state index contributed by atoms with van der Waals surface area (Å²) in [4.78, 5) is 16.2. The van der Waals surface area contributed by atoms with Crippen molar-refractivity contribution in [2.24, 2.45) is 18.9 Å². The molecule has 3 atom stereocenters. The Bertz CT molecular complexity index is 562. The zero-order valence-electron chi connectivity index (χ0n) is 13.0. The van der Waals surface area contributed by atoms with Crippen LogP contribution in [0.4, 0.5) is 0 Å². The minimum atomic E-state index is -0.512. The number of ether oxygens (including phenoxy) is 2. The van der Waals surface area contributed by atoms with Gasteiger partial charge in [0, 0.05) is 13.2 Å². The summed E-state index contributed by atoms with van der Waals surface area (Å²) in [5.74, 6) is 1.81. The molecule has 0 spiro atoms. The molecule has 0 aromatic carbocycles. The fourth-order valence-electron chi connectivity index (χ4n) is 3.82. The molecule has 2 heterocycles. The van der Waals surface area contributed by atoms with Gasteiger partial charge < -0.3 is 19.4 Å². The number of fused-ring (bicyclic) bond motifs is 1. The Hall–Kier alpha value is -0.920. The van der Waals surface area contributed by atoms with Gasteiger partial charge in [0.15, 0.2) is 0 Å². The number of imidazole rings is 1. The quantitative estimate of drug-likeness (QED) is 0.814. The summed E-state index contributed by atoms with van der Waals surface area (Å²) in [5.41, 5.74) is -0.512. The van der Waals surface area contributed by atoms with Gasteiger partial charge >= 0.3 is 5.97 Å². The van der Waals surface area contributed by atoms with Crippen molar-refractivity contribution in [2.45, 2.75) is 24.9 Å². The molecule has 1 aromatic heterocycles. The highest BCUT2D eigenvalue weighted by Crippen LogP contribution is 2.46. The molecule has 1 aliphatic heterocycles. The summed E-state index contributed by atoms with van der Waals surface area (Å²) in [6.45, 7) is 2.06. The number of carbonyl (C=O) groups is 1. The molecule has 0 amide bonds. The summed E-state index contributed by atoms with van der Waals surface area (Å²) < 4.78 is 13.6. The molecule has 3 unspecified atom stereocenters. The highest BCUT2D eigenvalue weighted by atomic mass is 79.9. The molecule has 1 N–H and O–H groups in total. The second-order valence-corrected chi connectivity index (χ2v) is 7.09. The molecule has 122 valence electrons. The lowest BCUT2D eigenvalue weighted by atomic mass is 9.72. The predicted molar refractivity (Wildman–Crippen MR) is 84.3 cm³/mol. The van der Waals surface area contributed by atoms with Crippen molar-refractivity contribution in [1.29, 1.82) is 0 Å². The Balaban J connectivity index is 1.88. The van der Waals surface area contributed by atoms with Crippen LogP contribution in [0.25, 0.3) is 0 Å². The van der Waals surface area contributed by atoms with Crippen LogP contribution in [-0.2, 0) is 26.9 Å². The molecule has 0 bridgehead atoms. The summed E-state index contributed by atoms with van der Waals surface area (Å²) >= 11 is 3.43. The number of rotatable bonds is 4. The third-order valence-electron chi connectivity index (χ3n) is 4.94. The number of hydrogen-bond donors (Lipinski definition) is 1. The van der Waals surface area contributed by atoms with Crippen molar-refractivity contribution < 1.29 is 14.3 Å². The maximum Gasteiger partial charge on any atom is 0.331 e. The first-order chi connectivity index (χ1) is 10.5. The van der Waals surface area contributed by atoms with E-state index in [1.165, 1.54) is 7.11 Å². The van der Waals surface area contributed by atoms with Gasteiger partial charge in [0.25, 0.3) is 0 Å². The van der Waals surface area contributed by atoms with Crippen molar-refractivity contribution in [3.05, 3.63) is 16.6 Å². The van der Waals surface area contributed by atoms with Crippen LogP contribution in [0.3, 0.4) is 0 Å². The van der Waals surface area contributed by atoms with E-state index in [0.717, 1.165) is 42.8 Å². The molecule has 3 rings (SSSR count). The molecule has 7 heteroatoms. The summed E-state index contributed by atoms with van der Waals surface area (Å²) in [7, 11) is 3.35. The van der Waals surface area contributed by atoms with E-state index in [0.29, 0.717) is 11.8 Å². The first kappa shape index (κ1) is 16.0. The maximum absolute atomic E-state index is 11.5. The number of carbonyl (C=O) groups excluding carboxylic acids is 1. The maximum atomic E-state index is 11.5. The van der Waals surface area contributed by atoms with Crippen LogP contribution in [0.5, 0.6) is 0 Å². The second-order valence-electron chi connectivity index (χ2n) is 6.28. The van der Waals surface area contributed by atoms with Crippen molar-refractivity contribution in [3.63, 3.8) is 0 Å². The minimum absolute atomic E-state index is 0.0359. The summed E-state index contributed by atoms with van der Waals surface area (Å²) in [6.07, 6.45) is 4.78. The van der Waals surface area contributed by atoms with Gasteiger partial charge in [-0.3, -0.25) is 0 Å². The van der Waals surface area contributed by atoms with Crippen LogP contribution >= 0.6 is 15.9 Å². The molecule has 1 saturated carbocycles. The van der Waals surface area contributed by atoms with E-state index >= 15 is 0 Å². The summed E-state index contributed by atoms with van der Waals surface area (Å²) in [6, 6.07) is 0. The molecule has 1 aliphatic carbocycles. The van der Waals surface area contributed by atoms with Gasteiger partial charge in [0.05, 0.1) is 7.11 Å². The summed E-state index contributed by atoms with van der Waals surface area (Å²) in [5, 5.41) is 3.47. The van der Waals surface area contributed by atoms with Gasteiger partial charge in [-0.05, 0) is 60.1 Å². The van der Waals surface area contributed by atoms with Crippen LogP contribution in [0.15, 0.2) is 10.8 Å². The van der Waals surface area contributed by atoms with E-state index in [1.807, 2.05) is 17.8 Å². The SMILES string of the molecule is COC(=O)COC1(c2nc(Br)cn2C)CCC2CNCC2C1. The van der Waals surface area contributed by atoms with E-state index < -0.39 is 5.60 Å². The van der Waals surface area contributed by atoms with Gasteiger partial charge in [-0.2, -0.15) is 0 Å². The van der Waals surface area contributed by atoms with Gasteiger partial charge in [-0.25, -0.2) is 9.78 Å². The third-order valence-corrected chi connectivity index (χ3v) is 5.32. The Morgan fingerprint density at radius 3 is 3.00 bits per heavy atom. The van der Waals surface area contributed by atoms with E-state index in [9.17, 15) is 4.79 Å². The topological polar surface area (TPSA) is 65.4 Å². The molecule has 2 fully saturated rings. The predicted octanol–water partition coefficient (Wildman–Crippen LogP) is 1.59. The monoisotopic (exact) mass is 371 g/mol. The Morgan fingerprint density at radius 2 is 2.32 bits per heavy atom. The third kappa shape index (κ3) is 2.94. The number of nitrogens with one attached hydrogen (secondary N) is 1. The Morgan fingerprint density at radius 1 is 1.55 bits per heavy atom. The number of halogens is 1. The van der Waals surface area contributed by atoms with E-state index in [-0.39, 0.29) is 12.6 Å². The number of methoxy groups -OCH3 is 1. The van der Waals surface area contributed by atoms with Crippen molar-refractivity contribution in [3.8, 4) is 0 Å². The normalized spacial score (nSPS) is 31.0. The molecule has 22 heavy (non-hydrogen) atoms. The minimum Gasteiger partial charge on any atom is -0.467 e. The van der Waals surface area contributed by atoms with Crippen LogP contribution in [0, 0.1) is 11.8 Å². The first-order valence-electron chi connectivity index (χ1n) is 7.65. The van der Waals surface area contributed by atoms with E-state index in [4.69, 9.17) is 9.47 Å². The number of nitrogens with zero attached hydrogens (tertiary/aromatic N) is 2. The number of hydrogen-bond acceptors (Lipinski definition) is 5. The van der Waals surface area contributed by atoms with Crippen LogP contribution < -0.4 is 5.32 Å². The molecule has 6 nitrogen and oxygen atoms in total. The average Bonchev–Trinajstić information content (AvgIpc) is 3.10. The molecule has 1 saturated heterocycles. The number of esters is 1. The Labute approximate surface area is 138 Å².